The Bertz CT molecular complexity index is 499. The van der Waals surface area contributed by atoms with E-state index in [1.54, 1.807) is 6.92 Å². The molecule has 12 nitrogen and oxygen atoms in total. The average molecular weight is 372 g/mol. The molecule has 0 bridgehead atoms. The summed E-state index contributed by atoms with van der Waals surface area (Å²) < 4.78 is 49.3. The maximum Gasteiger partial charge on any atom is 0.490 e. The maximum absolute atomic E-state index is 11.4. The normalized spacial score (nSPS) is 32.6. The molecule has 1 aliphatic rings. The van der Waals surface area contributed by atoms with E-state index < -0.39 is 42.3 Å². The van der Waals surface area contributed by atoms with E-state index in [9.17, 15) is 18.8 Å². The van der Waals surface area contributed by atoms with Gasteiger partial charge in [0.15, 0.2) is 0 Å². The van der Waals surface area contributed by atoms with Crippen LogP contribution in [0, 0.1) is 0 Å². The lowest BCUT2D eigenvalue weighted by Crippen LogP contribution is -2.26. The average Bonchev–Trinajstić information content (AvgIpc) is 2.48. The number of phosphoric ester groups is 1. The molecular formula is C6H15O12P3. The molecule has 0 aromatic heterocycles. The van der Waals surface area contributed by atoms with Crippen molar-refractivity contribution in [3.05, 3.63) is 0 Å². The van der Waals surface area contributed by atoms with Crippen molar-refractivity contribution in [3.8, 4) is 0 Å². The molecule has 21 heavy (non-hydrogen) atoms. The van der Waals surface area contributed by atoms with E-state index in [4.69, 9.17) is 24.3 Å². The molecule has 0 spiro atoms. The third-order valence-electron chi connectivity index (χ3n) is 2.23. The largest absolute Gasteiger partial charge is 0.490 e. The van der Waals surface area contributed by atoms with E-state index in [-0.39, 0.29) is 12.5 Å². The second kappa shape index (κ2) is 6.84. The lowest BCUT2D eigenvalue weighted by molar-refractivity contribution is -0.0167. The molecule has 1 aliphatic heterocycles. The Hall–Kier alpha value is 0.330. The van der Waals surface area contributed by atoms with Gasteiger partial charge in [0.25, 0.3) is 0 Å². The summed E-state index contributed by atoms with van der Waals surface area (Å²) in [5.74, 6) is 0. The fourth-order valence-electron chi connectivity index (χ4n) is 1.56. The van der Waals surface area contributed by atoms with Gasteiger partial charge >= 0.3 is 23.5 Å². The predicted octanol–water partition coefficient (Wildman–Crippen LogP) is -0.132. The fraction of sp³-hybridized carbons (Fsp3) is 1.00. The van der Waals surface area contributed by atoms with Gasteiger partial charge < -0.3 is 29.4 Å². The molecule has 0 radical (unpaired) electrons. The van der Waals surface area contributed by atoms with Crippen molar-refractivity contribution in [2.45, 2.75) is 31.7 Å². The number of aliphatic hydroxyl groups excluding tert-OH is 1. The number of hydrogen-bond donors (Lipinski definition) is 5. The van der Waals surface area contributed by atoms with Crippen molar-refractivity contribution in [3.63, 3.8) is 0 Å². The Morgan fingerprint density at radius 3 is 2.10 bits per heavy atom. The Morgan fingerprint density at radius 1 is 1.10 bits per heavy atom. The van der Waals surface area contributed by atoms with Crippen LogP contribution < -0.4 is 0 Å². The minimum Gasteiger partial charge on any atom is -0.390 e. The van der Waals surface area contributed by atoms with Crippen LogP contribution in [0.2, 0.25) is 0 Å². The number of hydrogen-bond acceptors (Lipinski definition) is 8. The van der Waals surface area contributed by atoms with Crippen LogP contribution in [0.15, 0.2) is 0 Å². The van der Waals surface area contributed by atoms with Crippen LogP contribution in [0.5, 0.6) is 0 Å². The van der Waals surface area contributed by atoms with Crippen molar-refractivity contribution in [2.75, 3.05) is 6.61 Å². The van der Waals surface area contributed by atoms with Crippen molar-refractivity contribution in [1.29, 1.82) is 0 Å². The first-order chi connectivity index (χ1) is 9.30. The molecule has 0 aliphatic carbocycles. The summed E-state index contributed by atoms with van der Waals surface area (Å²) >= 11 is 0. The SMILES string of the molecule is C[C@H]1CC(O)[C@@H](COP(=O)(O)OP(=O)(O)OP(=O)(O)O)O1. The van der Waals surface area contributed by atoms with Crippen LogP contribution in [-0.2, 0) is 31.6 Å². The van der Waals surface area contributed by atoms with Crippen molar-refractivity contribution in [1.82, 2.24) is 0 Å². The molecule has 1 saturated heterocycles. The maximum atomic E-state index is 11.4. The van der Waals surface area contributed by atoms with E-state index >= 15 is 0 Å². The topological polar surface area (TPSA) is 189 Å². The summed E-state index contributed by atoms with van der Waals surface area (Å²) in [6.07, 6.45) is -1.96. The zero-order chi connectivity index (χ0) is 16.5. The molecule has 5 atom stereocenters. The number of rotatable bonds is 7. The van der Waals surface area contributed by atoms with Crippen LogP contribution >= 0.6 is 23.5 Å². The van der Waals surface area contributed by atoms with Crippen LogP contribution in [0.4, 0.5) is 0 Å². The highest BCUT2D eigenvalue weighted by Gasteiger charge is 2.42. The lowest BCUT2D eigenvalue weighted by Gasteiger charge is -2.19. The Balaban J connectivity index is 2.56. The second-order valence-corrected chi connectivity index (χ2v) is 8.59. The highest BCUT2D eigenvalue weighted by Crippen LogP contribution is 2.66. The summed E-state index contributed by atoms with van der Waals surface area (Å²) in [6.45, 7) is 1.00. The number of aliphatic hydroxyl groups is 1. The third kappa shape index (κ3) is 7.43. The lowest BCUT2D eigenvalue weighted by atomic mass is 10.1. The van der Waals surface area contributed by atoms with Gasteiger partial charge in [0.1, 0.15) is 6.10 Å². The van der Waals surface area contributed by atoms with E-state index in [2.05, 4.69) is 13.1 Å². The highest BCUT2D eigenvalue weighted by molar-refractivity contribution is 7.66. The summed E-state index contributed by atoms with van der Waals surface area (Å²) in [5.41, 5.74) is 0. The monoisotopic (exact) mass is 372 g/mol. The molecule has 0 saturated carbocycles. The van der Waals surface area contributed by atoms with Crippen LogP contribution in [0.25, 0.3) is 0 Å². The van der Waals surface area contributed by atoms with Gasteiger partial charge in [-0.3, -0.25) is 4.52 Å². The Kier molecular flexibility index (Phi) is 6.31. The van der Waals surface area contributed by atoms with Gasteiger partial charge in [0.05, 0.1) is 18.8 Å². The van der Waals surface area contributed by atoms with E-state index in [0.29, 0.717) is 0 Å². The van der Waals surface area contributed by atoms with Gasteiger partial charge in [0, 0.05) is 6.42 Å². The Labute approximate surface area is 119 Å². The van der Waals surface area contributed by atoms with Crippen molar-refractivity contribution >= 4 is 23.5 Å². The standard InChI is InChI=1S/C6H15O12P3/c1-4-2-5(7)6(16-4)3-15-20(11,12)18-21(13,14)17-19(8,9)10/h4-7H,2-3H2,1H3,(H,11,12)(H,13,14)(H2,8,9,10)/t4-,5?,6+/m0/s1. The van der Waals surface area contributed by atoms with Gasteiger partial charge in [0.2, 0.25) is 0 Å². The summed E-state index contributed by atoms with van der Waals surface area (Å²) in [6, 6.07) is 0. The summed E-state index contributed by atoms with van der Waals surface area (Å²) in [7, 11) is -16.1. The summed E-state index contributed by atoms with van der Waals surface area (Å²) in [5, 5.41) is 9.49. The first kappa shape index (κ1) is 19.4. The molecule has 1 heterocycles. The second-order valence-electron chi connectivity index (χ2n) is 4.17. The Morgan fingerprint density at radius 2 is 1.67 bits per heavy atom. The highest BCUT2D eigenvalue weighted by atomic mass is 31.3. The first-order valence-electron chi connectivity index (χ1n) is 5.41. The van der Waals surface area contributed by atoms with Gasteiger partial charge in [-0.25, -0.2) is 13.7 Å². The first-order valence-corrected chi connectivity index (χ1v) is 9.94. The molecule has 0 aromatic carbocycles. The quantitative estimate of drug-likeness (QED) is 0.373. The molecule has 126 valence electrons. The van der Waals surface area contributed by atoms with Crippen LogP contribution in [0.3, 0.4) is 0 Å². The molecule has 15 heteroatoms. The molecule has 0 amide bonds. The van der Waals surface area contributed by atoms with E-state index in [1.165, 1.54) is 0 Å². The van der Waals surface area contributed by atoms with Gasteiger partial charge in [-0.15, -0.1) is 0 Å². The molecule has 0 aromatic rings. The van der Waals surface area contributed by atoms with E-state index in [1.807, 2.05) is 0 Å². The number of ether oxygens (including phenoxy) is 1. The fourth-order valence-corrected chi connectivity index (χ4v) is 4.59. The molecule has 3 unspecified atom stereocenters. The van der Waals surface area contributed by atoms with Gasteiger partial charge in [-0.2, -0.15) is 8.62 Å². The smallest absolute Gasteiger partial charge is 0.390 e. The molecule has 1 rings (SSSR count). The molecular weight excluding hydrogens is 357 g/mol. The molecule has 5 N–H and O–H groups in total. The third-order valence-corrected chi connectivity index (χ3v) is 6.03. The zero-order valence-corrected chi connectivity index (χ0v) is 13.3. The molecule has 1 fully saturated rings. The summed E-state index contributed by atoms with van der Waals surface area (Å²) in [4.78, 5) is 34.7. The minimum atomic E-state index is -5.53. The number of phosphoric acid groups is 3. The van der Waals surface area contributed by atoms with Crippen molar-refractivity contribution in [2.24, 2.45) is 0 Å². The minimum absolute atomic E-state index is 0.268. The van der Waals surface area contributed by atoms with Crippen LogP contribution in [0.1, 0.15) is 13.3 Å². The van der Waals surface area contributed by atoms with Gasteiger partial charge in [-0.05, 0) is 6.92 Å². The zero-order valence-electron chi connectivity index (χ0n) is 10.6. The van der Waals surface area contributed by atoms with Gasteiger partial charge in [-0.1, -0.05) is 0 Å². The van der Waals surface area contributed by atoms with E-state index in [0.717, 1.165) is 0 Å². The predicted molar refractivity (Wildman–Crippen MR) is 64.8 cm³/mol. The van der Waals surface area contributed by atoms with Crippen molar-refractivity contribution < 1.29 is 56.3 Å². The van der Waals surface area contributed by atoms with Crippen LogP contribution in [-0.4, -0.2) is 49.6 Å².